The maximum Gasteiger partial charge on any atom is 0.338 e. The zero-order valence-electron chi connectivity index (χ0n) is 27.5. The van der Waals surface area contributed by atoms with E-state index in [0.717, 1.165) is 59.5 Å². The van der Waals surface area contributed by atoms with Gasteiger partial charge in [0, 0.05) is 29.7 Å². The summed E-state index contributed by atoms with van der Waals surface area (Å²) in [5.41, 5.74) is -2.59. The monoisotopic (exact) mass is 678 g/mol. The number of nitrogens with zero attached hydrogens (tertiary/aromatic N) is 4. The number of fused-ring (bicyclic) bond motifs is 4. The topological polar surface area (TPSA) is 225 Å². The number of nitro groups is 4. The van der Waals surface area contributed by atoms with E-state index >= 15 is 0 Å². The van der Waals surface area contributed by atoms with Gasteiger partial charge in [0.05, 0.1) is 43.0 Å². The van der Waals surface area contributed by atoms with E-state index in [0.29, 0.717) is 19.3 Å². The Balaban J connectivity index is 1.54. The number of hydrogen-bond acceptors (Lipinski definition) is 12. The molecule has 1 fully saturated rings. The molecule has 5 rings (SSSR count). The number of rotatable bonds is 10. The molecule has 0 N–H and O–H groups in total. The number of hydrogen-bond donors (Lipinski definition) is 0. The minimum Gasteiger partial charge on any atom is -0.461 e. The molecule has 2 aromatic carbocycles. The quantitative estimate of drug-likeness (QED) is 0.138. The molecule has 2 aromatic rings. The normalized spacial score (nSPS) is 23.2. The number of nitro benzene ring substituents is 4. The van der Waals surface area contributed by atoms with Crippen LogP contribution in [0.15, 0.2) is 59.2 Å². The molecule has 1 saturated carbocycles. The van der Waals surface area contributed by atoms with E-state index in [1.54, 1.807) is 0 Å². The molecule has 3 aliphatic rings. The van der Waals surface area contributed by atoms with E-state index in [1.807, 2.05) is 13.8 Å². The van der Waals surface area contributed by atoms with Crippen molar-refractivity contribution < 1.29 is 38.8 Å². The number of benzene rings is 2. The average Bonchev–Trinajstić information content (AvgIpc) is 3.25. The second kappa shape index (κ2) is 11.9. The van der Waals surface area contributed by atoms with E-state index in [-0.39, 0.29) is 35.2 Å². The molecule has 258 valence electrons. The van der Waals surface area contributed by atoms with Gasteiger partial charge in [-0.2, -0.15) is 0 Å². The van der Waals surface area contributed by atoms with Crippen molar-refractivity contribution in [3.63, 3.8) is 0 Å². The summed E-state index contributed by atoms with van der Waals surface area (Å²) >= 11 is 0. The molecule has 0 aliphatic heterocycles. The maximum absolute atomic E-state index is 13.4. The molecular formula is C33H34N4O12. The number of carbonyl (C=O) groups is 2. The van der Waals surface area contributed by atoms with Crippen LogP contribution in [-0.2, 0) is 9.47 Å². The van der Waals surface area contributed by atoms with Gasteiger partial charge in [-0.1, -0.05) is 40.7 Å². The van der Waals surface area contributed by atoms with Crippen LogP contribution >= 0.6 is 0 Å². The van der Waals surface area contributed by atoms with E-state index in [9.17, 15) is 50.0 Å². The maximum atomic E-state index is 13.4. The average molecular weight is 679 g/mol. The van der Waals surface area contributed by atoms with Crippen molar-refractivity contribution in [3.8, 4) is 0 Å². The first-order valence-electron chi connectivity index (χ1n) is 15.3. The fourth-order valence-corrected chi connectivity index (χ4v) is 8.45. The Labute approximate surface area is 279 Å². The summed E-state index contributed by atoms with van der Waals surface area (Å²) in [4.78, 5) is 68.9. The summed E-state index contributed by atoms with van der Waals surface area (Å²) in [5.74, 6) is -1.97. The minimum absolute atomic E-state index is 0.168. The molecule has 2 atom stereocenters. The molecule has 2 bridgehead atoms. The smallest absolute Gasteiger partial charge is 0.338 e. The Kier molecular flexibility index (Phi) is 8.42. The molecule has 49 heavy (non-hydrogen) atoms. The third-order valence-electron chi connectivity index (χ3n) is 9.51. The van der Waals surface area contributed by atoms with E-state index < -0.39 is 65.2 Å². The van der Waals surface area contributed by atoms with Crippen molar-refractivity contribution in [1.29, 1.82) is 0 Å². The first-order chi connectivity index (χ1) is 22.6. The summed E-state index contributed by atoms with van der Waals surface area (Å²) in [6.45, 7) is 9.84. The Hall–Kier alpha value is -5.54. The summed E-state index contributed by atoms with van der Waals surface area (Å²) in [6.07, 6.45) is 4.72. The van der Waals surface area contributed by atoms with Crippen LogP contribution in [0.4, 0.5) is 22.7 Å². The molecule has 3 aliphatic carbocycles. The summed E-state index contributed by atoms with van der Waals surface area (Å²) < 4.78 is 11.5. The second-order valence-corrected chi connectivity index (χ2v) is 14.9. The van der Waals surface area contributed by atoms with Crippen LogP contribution in [0.25, 0.3) is 0 Å². The van der Waals surface area contributed by atoms with Gasteiger partial charge in [-0.15, -0.1) is 0 Å². The summed E-state index contributed by atoms with van der Waals surface area (Å²) in [5, 5.41) is 45.7. The van der Waals surface area contributed by atoms with Gasteiger partial charge in [0.15, 0.2) is 0 Å². The van der Waals surface area contributed by atoms with Crippen molar-refractivity contribution in [2.24, 2.45) is 21.7 Å². The number of allylic oxidation sites excluding steroid dienone is 2. The van der Waals surface area contributed by atoms with Gasteiger partial charge in [-0.3, -0.25) is 40.5 Å². The fraction of sp³-hybridized carbons (Fsp3) is 0.455. The molecular weight excluding hydrogens is 644 g/mol. The fourth-order valence-electron chi connectivity index (χ4n) is 8.45. The number of carbonyl (C=O) groups excluding carboxylic acids is 2. The van der Waals surface area contributed by atoms with E-state index in [2.05, 4.69) is 26.8 Å². The highest BCUT2D eigenvalue weighted by molar-refractivity contribution is 5.92. The third-order valence-corrected chi connectivity index (χ3v) is 9.51. The molecule has 0 unspecified atom stereocenters. The van der Waals surface area contributed by atoms with E-state index in [4.69, 9.17) is 9.47 Å². The van der Waals surface area contributed by atoms with Gasteiger partial charge in [-0.05, 0) is 58.6 Å². The van der Waals surface area contributed by atoms with Gasteiger partial charge < -0.3 is 9.47 Å². The first kappa shape index (κ1) is 34.8. The van der Waals surface area contributed by atoms with Crippen molar-refractivity contribution in [2.75, 3.05) is 13.2 Å². The highest BCUT2D eigenvalue weighted by Gasteiger charge is 2.58. The van der Waals surface area contributed by atoms with Crippen molar-refractivity contribution in [3.05, 3.63) is 111 Å². The van der Waals surface area contributed by atoms with Crippen LogP contribution in [-0.4, -0.2) is 44.8 Å². The lowest BCUT2D eigenvalue weighted by Gasteiger charge is -2.56. The SMILES string of the molecule is CC1(C)C[C@]2(C)C=C3CC(C)(C)C(COC(=O)c4cc([N+](=O)[O-])cc([N+](=O)[O-])c4)=C3[C@](COC(=O)c3cc([N+](=O)[O-])cc([N+](=O)[O-])c3)(C1)C2. The van der Waals surface area contributed by atoms with Crippen LogP contribution in [0.3, 0.4) is 0 Å². The zero-order chi connectivity index (χ0) is 36.3. The number of ether oxygens (including phenoxy) is 2. The third kappa shape index (κ3) is 6.75. The van der Waals surface area contributed by atoms with Crippen molar-refractivity contribution in [1.82, 2.24) is 0 Å². The predicted molar refractivity (Wildman–Crippen MR) is 172 cm³/mol. The lowest BCUT2D eigenvalue weighted by atomic mass is 9.49. The van der Waals surface area contributed by atoms with Gasteiger partial charge in [0.1, 0.15) is 13.2 Å². The summed E-state index contributed by atoms with van der Waals surface area (Å²) in [6, 6.07) is 5.18. The molecule has 0 amide bonds. The zero-order valence-corrected chi connectivity index (χ0v) is 27.5. The standard InChI is InChI=1S/C33H34N4O12/c1-30(2)15-32(5)13-21-12-31(3,4)26(14-48-28(38)19-6-22(34(40)41)10-23(7-19)35(42)43)27(21)33(16-30,17-32)18-49-29(39)20-8-24(36(44)45)11-25(9-20)37(46)47/h6-11,13H,12,14-18H2,1-5H3/t32-,33+/m0/s1. The Morgan fingerprint density at radius 2 is 1.12 bits per heavy atom. The van der Waals surface area contributed by atoms with Gasteiger partial charge >= 0.3 is 11.9 Å². The molecule has 16 nitrogen and oxygen atoms in total. The van der Waals surface area contributed by atoms with Gasteiger partial charge in [0.2, 0.25) is 0 Å². The van der Waals surface area contributed by atoms with Crippen LogP contribution in [0, 0.1) is 62.1 Å². The highest BCUT2D eigenvalue weighted by Crippen LogP contribution is 2.67. The Bertz CT molecular complexity index is 1850. The molecule has 0 saturated heterocycles. The Morgan fingerprint density at radius 3 is 1.57 bits per heavy atom. The van der Waals surface area contributed by atoms with Crippen molar-refractivity contribution in [2.45, 2.75) is 60.3 Å². The largest absolute Gasteiger partial charge is 0.461 e. The summed E-state index contributed by atoms with van der Waals surface area (Å²) in [7, 11) is 0. The second-order valence-electron chi connectivity index (χ2n) is 14.9. The molecule has 16 heteroatoms. The van der Waals surface area contributed by atoms with Crippen LogP contribution in [0.5, 0.6) is 0 Å². The van der Waals surface area contributed by atoms with Crippen molar-refractivity contribution >= 4 is 34.7 Å². The number of esters is 2. The molecule has 0 heterocycles. The molecule has 0 spiro atoms. The Morgan fingerprint density at radius 1 is 0.673 bits per heavy atom. The molecule has 0 radical (unpaired) electrons. The first-order valence-corrected chi connectivity index (χ1v) is 15.3. The minimum atomic E-state index is -0.995. The van der Waals surface area contributed by atoms with Crippen LogP contribution in [0.2, 0.25) is 0 Å². The lowest BCUT2D eigenvalue weighted by Crippen LogP contribution is -2.48. The van der Waals surface area contributed by atoms with E-state index in [1.165, 1.54) is 0 Å². The van der Waals surface area contributed by atoms with Gasteiger partial charge in [-0.25, -0.2) is 9.59 Å². The van der Waals surface area contributed by atoms with Crippen LogP contribution in [0.1, 0.15) is 81.0 Å². The van der Waals surface area contributed by atoms with Gasteiger partial charge in [0.25, 0.3) is 22.7 Å². The lowest BCUT2D eigenvalue weighted by molar-refractivity contribution is -0.394. The molecule has 0 aromatic heterocycles. The number of non-ortho nitro benzene ring substituents is 4. The van der Waals surface area contributed by atoms with Crippen LogP contribution < -0.4 is 0 Å². The predicted octanol–water partition coefficient (Wildman–Crippen LogP) is 7.20. The highest BCUT2D eigenvalue weighted by atomic mass is 16.6.